The molecule has 2 rings (SSSR count). The van der Waals surface area contributed by atoms with E-state index in [0.717, 1.165) is 0 Å². The van der Waals surface area contributed by atoms with Gasteiger partial charge in [0.05, 0.1) is 13.2 Å². The summed E-state index contributed by atoms with van der Waals surface area (Å²) in [7, 11) is 0. The third kappa shape index (κ3) is 1.00. The molecule has 0 bridgehead atoms. The van der Waals surface area contributed by atoms with Gasteiger partial charge in [-0.1, -0.05) is 18.2 Å². The zero-order valence-corrected chi connectivity index (χ0v) is 5.62. The molecule has 1 radical (unpaired) electrons. The molecule has 53 valence electrons. The summed E-state index contributed by atoms with van der Waals surface area (Å²) in [6.45, 7) is 1.39. The van der Waals surface area contributed by atoms with Crippen LogP contribution in [0.4, 0.5) is 0 Å². The van der Waals surface area contributed by atoms with Crippen molar-refractivity contribution in [1.29, 1.82) is 0 Å². The molecular formula is C8H9O2. The number of ether oxygens (including phenoxy) is 2. The van der Waals surface area contributed by atoms with Crippen LogP contribution in [0.2, 0.25) is 0 Å². The van der Waals surface area contributed by atoms with Crippen LogP contribution in [-0.4, -0.2) is 25.4 Å². The number of hydrogen-bond donors (Lipinski definition) is 0. The fourth-order valence-corrected chi connectivity index (χ4v) is 1.16. The van der Waals surface area contributed by atoms with E-state index in [1.54, 1.807) is 0 Å². The van der Waals surface area contributed by atoms with E-state index >= 15 is 0 Å². The molecule has 1 aliphatic carbocycles. The first-order chi connectivity index (χ1) is 4.97. The Bertz CT molecular complexity index is 152. The molecule has 2 aliphatic rings. The highest BCUT2D eigenvalue weighted by molar-refractivity contribution is 5.13. The van der Waals surface area contributed by atoms with Crippen LogP contribution >= 0.6 is 0 Å². The fraction of sp³-hybridized carbons (Fsp3) is 0.500. The Kier molecular flexibility index (Phi) is 1.57. The van der Waals surface area contributed by atoms with Gasteiger partial charge in [0.15, 0.2) is 0 Å². The first kappa shape index (κ1) is 6.13. The van der Waals surface area contributed by atoms with Crippen molar-refractivity contribution in [1.82, 2.24) is 0 Å². The van der Waals surface area contributed by atoms with E-state index in [0.29, 0.717) is 13.2 Å². The van der Waals surface area contributed by atoms with Crippen LogP contribution in [0.25, 0.3) is 0 Å². The largest absolute Gasteiger partial charge is 0.369 e. The maximum atomic E-state index is 5.39. The lowest BCUT2D eigenvalue weighted by atomic mass is 10.1. The van der Waals surface area contributed by atoms with Gasteiger partial charge >= 0.3 is 0 Å². The Morgan fingerprint density at radius 2 is 2.20 bits per heavy atom. The summed E-state index contributed by atoms with van der Waals surface area (Å²) < 4.78 is 10.8. The molecular weight excluding hydrogens is 128 g/mol. The first-order valence-corrected chi connectivity index (χ1v) is 3.46. The van der Waals surface area contributed by atoms with Crippen LogP contribution in [0.3, 0.4) is 0 Å². The summed E-state index contributed by atoms with van der Waals surface area (Å²) in [5.41, 5.74) is 0. The highest BCUT2D eigenvalue weighted by atomic mass is 16.6. The number of rotatable bonds is 0. The van der Waals surface area contributed by atoms with Crippen LogP contribution in [-0.2, 0) is 9.47 Å². The lowest BCUT2D eigenvalue weighted by Crippen LogP contribution is -2.36. The van der Waals surface area contributed by atoms with Gasteiger partial charge in [-0.05, 0) is 6.08 Å². The van der Waals surface area contributed by atoms with Crippen molar-refractivity contribution in [3.63, 3.8) is 0 Å². The predicted octanol–water partition coefficient (Wildman–Crippen LogP) is 0.700. The molecule has 2 heteroatoms. The van der Waals surface area contributed by atoms with Gasteiger partial charge in [0.1, 0.15) is 12.2 Å². The normalized spacial score (nSPS) is 37.6. The second-order valence-corrected chi connectivity index (χ2v) is 2.35. The molecule has 2 unspecified atom stereocenters. The Balaban J connectivity index is 2.09. The van der Waals surface area contributed by atoms with Gasteiger partial charge in [-0.3, -0.25) is 0 Å². The van der Waals surface area contributed by atoms with Crippen molar-refractivity contribution in [3.8, 4) is 0 Å². The van der Waals surface area contributed by atoms with Crippen LogP contribution in [0.5, 0.6) is 0 Å². The van der Waals surface area contributed by atoms with Gasteiger partial charge in [0.2, 0.25) is 0 Å². The Hall–Kier alpha value is -0.600. The smallest absolute Gasteiger partial charge is 0.113 e. The molecule has 0 N–H and O–H groups in total. The van der Waals surface area contributed by atoms with Crippen molar-refractivity contribution >= 4 is 0 Å². The molecule has 0 aromatic rings. The summed E-state index contributed by atoms with van der Waals surface area (Å²) in [6, 6.07) is 0. The number of hydrogen-bond acceptors (Lipinski definition) is 2. The summed E-state index contributed by atoms with van der Waals surface area (Å²) in [5.74, 6) is 0. The molecule has 0 saturated carbocycles. The lowest BCUT2D eigenvalue weighted by molar-refractivity contribution is -0.105. The first-order valence-electron chi connectivity index (χ1n) is 3.46. The van der Waals surface area contributed by atoms with Crippen LogP contribution < -0.4 is 0 Å². The molecule has 2 nitrogen and oxygen atoms in total. The Morgan fingerprint density at radius 1 is 1.30 bits per heavy atom. The average molecular weight is 137 g/mol. The van der Waals surface area contributed by atoms with Gasteiger partial charge in [-0.15, -0.1) is 0 Å². The minimum absolute atomic E-state index is 0.0405. The summed E-state index contributed by atoms with van der Waals surface area (Å²) >= 11 is 0. The van der Waals surface area contributed by atoms with Crippen LogP contribution in [0.1, 0.15) is 0 Å². The van der Waals surface area contributed by atoms with Gasteiger partial charge in [-0.2, -0.15) is 0 Å². The van der Waals surface area contributed by atoms with Gasteiger partial charge in [0.25, 0.3) is 0 Å². The minimum atomic E-state index is 0.0405. The van der Waals surface area contributed by atoms with Gasteiger partial charge in [0, 0.05) is 0 Å². The SMILES string of the molecule is [C]1=CC=CC2OCCOC12. The van der Waals surface area contributed by atoms with E-state index in [1.807, 2.05) is 18.2 Å². The third-order valence-electron chi connectivity index (χ3n) is 1.65. The standard InChI is InChI=1S/C8H9O2/c1-2-4-8-7(3-1)9-5-6-10-8/h1-3,7-8H,5-6H2. The molecule has 2 atom stereocenters. The highest BCUT2D eigenvalue weighted by Crippen LogP contribution is 2.15. The third-order valence-corrected chi connectivity index (χ3v) is 1.65. The van der Waals surface area contributed by atoms with Crippen LogP contribution in [0.15, 0.2) is 18.2 Å². The molecule has 1 aliphatic heterocycles. The Morgan fingerprint density at radius 3 is 3.10 bits per heavy atom. The summed E-state index contributed by atoms with van der Waals surface area (Å²) in [4.78, 5) is 0. The van der Waals surface area contributed by atoms with Crippen molar-refractivity contribution in [2.75, 3.05) is 13.2 Å². The minimum Gasteiger partial charge on any atom is -0.369 e. The monoisotopic (exact) mass is 137 g/mol. The second-order valence-electron chi connectivity index (χ2n) is 2.35. The number of allylic oxidation sites excluding steroid dienone is 2. The maximum Gasteiger partial charge on any atom is 0.113 e. The van der Waals surface area contributed by atoms with Crippen molar-refractivity contribution in [2.45, 2.75) is 12.2 Å². The van der Waals surface area contributed by atoms with E-state index in [-0.39, 0.29) is 12.2 Å². The fourth-order valence-electron chi connectivity index (χ4n) is 1.16. The quantitative estimate of drug-likeness (QED) is 0.489. The van der Waals surface area contributed by atoms with Crippen LogP contribution in [0, 0.1) is 6.08 Å². The zero-order chi connectivity index (χ0) is 6.81. The van der Waals surface area contributed by atoms with E-state index in [9.17, 15) is 0 Å². The highest BCUT2D eigenvalue weighted by Gasteiger charge is 2.23. The molecule has 1 saturated heterocycles. The van der Waals surface area contributed by atoms with Crippen molar-refractivity contribution < 1.29 is 9.47 Å². The van der Waals surface area contributed by atoms with E-state index in [1.165, 1.54) is 0 Å². The van der Waals surface area contributed by atoms with E-state index < -0.39 is 0 Å². The molecule has 1 fully saturated rings. The summed E-state index contributed by atoms with van der Waals surface area (Å²) in [5, 5.41) is 0. The number of fused-ring (bicyclic) bond motifs is 1. The molecule has 1 heterocycles. The average Bonchev–Trinajstić information content (AvgIpc) is 2.05. The van der Waals surface area contributed by atoms with Gasteiger partial charge < -0.3 is 9.47 Å². The van der Waals surface area contributed by atoms with Crippen molar-refractivity contribution in [2.24, 2.45) is 0 Å². The molecule has 10 heavy (non-hydrogen) atoms. The lowest BCUT2D eigenvalue weighted by Gasteiger charge is -2.28. The summed E-state index contributed by atoms with van der Waals surface area (Å²) in [6.07, 6.45) is 9.02. The van der Waals surface area contributed by atoms with Gasteiger partial charge in [-0.25, -0.2) is 0 Å². The maximum absolute atomic E-state index is 5.39. The second kappa shape index (κ2) is 2.56. The molecule has 0 aromatic heterocycles. The topological polar surface area (TPSA) is 18.5 Å². The molecule has 0 aromatic carbocycles. The molecule has 0 spiro atoms. The predicted molar refractivity (Wildman–Crippen MR) is 36.4 cm³/mol. The van der Waals surface area contributed by atoms with Crippen molar-refractivity contribution in [3.05, 3.63) is 24.3 Å². The Labute approximate surface area is 60.1 Å². The zero-order valence-electron chi connectivity index (χ0n) is 5.62. The van der Waals surface area contributed by atoms with E-state index in [2.05, 4.69) is 6.08 Å². The molecule has 0 amide bonds. The van der Waals surface area contributed by atoms with E-state index in [4.69, 9.17) is 9.47 Å².